The average Bonchev–Trinajstić information content (AvgIpc) is 3.49. The molecule has 1 heterocycles. The maximum Gasteiger partial charge on any atom is 0.0361 e. The van der Waals surface area contributed by atoms with Gasteiger partial charge in [-0.3, -0.25) is 0 Å². The van der Waals surface area contributed by atoms with Gasteiger partial charge >= 0.3 is 0 Å². The number of thiophene rings is 1. The van der Waals surface area contributed by atoms with Crippen LogP contribution in [0.2, 0.25) is 0 Å². The van der Waals surface area contributed by atoms with E-state index in [1.54, 1.807) is 0 Å². The van der Waals surface area contributed by atoms with Crippen LogP contribution in [0.25, 0.3) is 96.6 Å². The maximum atomic E-state index is 2.42. The number of hydrogen-bond acceptors (Lipinski definition) is 1. The van der Waals surface area contributed by atoms with Gasteiger partial charge in [0.25, 0.3) is 0 Å². The molecule has 10 rings (SSSR count). The second-order valence-corrected chi connectivity index (χ2v) is 13.5. The van der Waals surface area contributed by atoms with E-state index in [-0.39, 0.29) is 0 Å². The van der Waals surface area contributed by atoms with Crippen LogP contribution >= 0.6 is 11.3 Å². The van der Waals surface area contributed by atoms with Gasteiger partial charge in [-0.15, -0.1) is 11.3 Å². The van der Waals surface area contributed by atoms with Crippen molar-refractivity contribution in [3.8, 4) is 33.4 Å². The molecule has 0 fully saturated rings. The average molecular weight is 613 g/mol. The Kier molecular flexibility index (Phi) is 5.85. The zero-order valence-corrected chi connectivity index (χ0v) is 26.4. The van der Waals surface area contributed by atoms with Gasteiger partial charge in [0.2, 0.25) is 0 Å². The van der Waals surface area contributed by atoms with Crippen molar-refractivity contribution in [3.63, 3.8) is 0 Å². The molecule has 0 radical (unpaired) electrons. The lowest BCUT2D eigenvalue weighted by Gasteiger charge is -2.20. The van der Waals surface area contributed by atoms with Crippen molar-refractivity contribution in [2.45, 2.75) is 0 Å². The molecular weight excluding hydrogens is 585 g/mol. The van der Waals surface area contributed by atoms with Gasteiger partial charge in [0.15, 0.2) is 0 Å². The number of hydrogen-bond donors (Lipinski definition) is 0. The van der Waals surface area contributed by atoms with Crippen molar-refractivity contribution in [1.82, 2.24) is 0 Å². The Hall–Kier alpha value is -5.76. The highest BCUT2D eigenvalue weighted by Gasteiger charge is 2.20. The molecule has 0 saturated carbocycles. The predicted octanol–water partition coefficient (Wildman–Crippen LogP) is 13.7. The molecule has 1 aromatic heterocycles. The molecule has 0 saturated heterocycles. The number of rotatable bonds is 3. The normalized spacial score (nSPS) is 11.8. The molecule has 0 N–H and O–H groups in total. The van der Waals surface area contributed by atoms with Gasteiger partial charge in [-0.25, -0.2) is 0 Å². The lowest BCUT2D eigenvalue weighted by atomic mass is 9.83. The summed E-state index contributed by atoms with van der Waals surface area (Å²) in [6, 6.07) is 62.8. The monoisotopic (exact) mass is 612 g/mol. The van der Waals surface area contributed by atoms with E-state index < -0.39 is 0 Å². The Morgan fingerprint density at radius 1 is 0.277 bits per heavy atom. The van der Waals surface area contributed by atoms with Crippen LogP contribution < -0.4 is 0 Å². The van der Waals surface area contributed by atoms with Crippen LogP contribution in [-0.4, -0.2) is 0 Å². The van der Waals surface area contributed by atoms with Crippen molar-refractivity contribution in [2.75, 3.05) is 0 Å². The molecule has 0 aliphatic heterocycles. The molecule has 1 heteroatoms. The minimum absolute atomic E-state index is 1.26. The van der Waals surface area contributed by atoms with Crippen molar-refractivity contribution >= 4 is 74.6 Å². The molecular formula is C46H28S. The lowest BCUT2D eigenvalue weighted by Crippen LogP contribution is -1.93. The first-order valence-corrected chi connectivity index (χ1v) is 17.0. The summed E-state index contributed by atoms with van der Waals surface area (Å²) in [6.45, 7) is 0. The number of fused-ring (bicyclic) bond motifs is 7. The van der Waals surface area contributed by atoms with Crippen LogP contribution in [0.15, 0.2) is 170 Å². The van der Waals surface area contributed by atoms with E-state index >= 15 is 0 Å². The highest BCUT2D eigenvalue weighted by molar-refractivity contribution is 7.25. The fourth-order valence-electron chi connectivity index (χ4n) is 7.74. The van der Waals surface area contributed by atoms with Crippen LogP contribution in [-0.2, 0) is 0 Å². The molecule has 47 heavy (non-hydrogen) atoms. The van der Waals surface area contributed by atoms with E-state index in [0.29, 0.717) is 0 Å². The first kappa shape index (κ1) is 26.5. The Labute approximate surface area is 276 Å². The van der Waals surface area contributed by atoms with Crippen molar-refractivity contribution < 1.29 is 0 Å². The molecule has 0 unspecified atom stereocenters. The first-order valence-electron chi connectivity index (χ1n) is 16.2. The zero-order valence-electron chi connectivity index (χ0n) is 25.6. The van der Waals surface area contributed by atoms with E-state index in [9.17, 15) is 0 Å². The van der Waals surface area contributed by atoms with Crippen LogP contribution in [0.4, 0.5) is 0 Å². The van der Waals surface area contributed by atoms with Crippen LogP contribution in [0, 0.1) is 0 Å². The third kappa shape index (κ3) is 4.07. The van der Waals surface area contributed by atoms with Crippen molar-refractivity contribution in [2.24, 2.45) is 0 Å². The molecule has 0 aliphatic rings. The molecule has 0 spiro atoms. The van der Waals surface area contributed by atoms with Gasteiger partial charge in [-0.1, -0.05) is 152 Å². The highest BCUT2D eigenvalue weighted by atomic mass is 32.1. The molecule has 10 aromatic rings. The predicted molar refractivity (Wildman–Crippen MR) is 206 cm³/mol. The third-order valence-electron chi connectivity index (χ3n) is 9.84. The standard InChI is InChI=1S/C46H28S/c1-2-14-31-27-44-42(26-30(31)13-1)36-25-24-32(28-43(36)47-44)45-38-19-7-9-21-40(38)46(41-22-10-8-20-39(41)45)37-18-6-5-17-35(37)34-23-11-15-29-12-3-4-16-33(29)34/h1-28H. The summed E-state index contributed by atoms with van der Waals surface area (Å²) < 4.78 is 2.66. The highest BCUT2D eigenvalue weighted by Crippen LogP contribution is 2.48. The van der Waals surface area contributed by atoms with E-state index in [1.165, 1.54) is 96.6 Å². The fraction of sp³-hybridized carbons (Fsp3) is 0. The van der Waals surface area contributed by atoms with Crippen LogP contribution in [0.3, 0.4) is 0 Å². The number of benzene rings is 9. The molecule has 0 bridgehead atoms. The summed E-state index contributed by atoms with van der Waals surface area (Å²) in [5.74, 6) is 0. The topological polar surface area (TPSA) is 0 Å². The molecule has 0 atom stereocenters. The van der Waals surface area contributed by atoms with E-state index in [4.69, 9.17) is 0 Å². The van der Waals surface area contributed by atoms with Crippen LogP contribution in [0.1, 0.15) is 0 Å². The Bertz CT molecular complexity index is 2790. The first-order chi connectivity index (χ1) is 23.3. The minimum atomic E-state index is 1.26. The van der Waals surface area contributed by atoms with E-state index in [1.807, 2.05) is 11.3 Å². The van der Waals surface area contributed by atoms with Gasteiger partial charge in [0.1, 0.15) is 0 Å². The maximum absolute atomic E-state index is 2.42. The molecule has 0 nitrogen and oxygen atoms in total. The second kappa shape index (κ2) is 10.4. The van der Waals surface area contributed by atoms with Crippen molar-refractivity contribution in [1.29, 1.82) is 0 Å². The minimum Gasteiger partial charge on any atom is -0.135 e. The quantitative estimate of drug-likeness (QED) is 0.174. The largest absolute Gasteiger partial charge is 0.135 e. The molecule has 0 amide bonds. The summed E-state index contributed by atoms with van der Waals surface area (Å²) in [6.07, 6.45) is 0. The van der Waals surface area contributed by atoms with E-state index in [2.05, 4.69) is 170 Å². The third-order valence-corrected chi connectivity index (χ3v) is 11.0. The van der Waals surface area contributed by atoms with Gasteiger partial charge in [0.05, 0.1) is 0 Å². The Morgan fingerprint density at radius 2 is 0.787 bits per heavy atom. The summed E-state index contributed by atoms with van der Waals surface area (Å²) in [5.41, 5.74) is 7.63. The Balaban J connectivity index is 1.26. The molecule has 218 valence electrons. The summed E-state index contributed by atoms with van der Waals surface area (Å²) >= 11 is 1.90. The van der Waals surface area contributed by atoms with E-state index in [0.717, 1.165) is 0 Å². The van der Waals surface area contributed by atoms with Crippen molar-refractivity contribution in [3.05, 3.63) is 170 Å². The van der Waals surface area contributed by atoms with Gasteiger partial charge < -0.3 is 0 Å². The molecule has 0 aliphatic carbocycles. The Morgan fingerprint density at radius 3 is 1.51 bits per heavy atom. The molecule has 9 aromatic carbocycles. The SMILES string of the molecule is c1ccc(-c2c3ccccc3c(-c3ccc4c(c3)sc3cc5ccccc5cc34)c3ccccc23)c(-c2cccc3ccccc23)c1. The van der Waals surface area contributed by atoms with Gasteiger partial charge in [-0.2, -0.15) is 0 Å². The summed E-state index contributed by atoms with van der Waals surface area (Å²) in [7, 11) is 0. The van der Waals surface area contributed by atoms with Gasteiger partial charge in [-0.05, 0) is 94.7 Å². The second-order valence-electron chi connectivity index (χ2n) is 12.4. The van der Waals surface area contributed by atoms with Gasteiger partial charge in [0, 0.05) is 20.2 Å². The summed E-state index contributed by atoms with van der Waals surface area (Å²) in [5, 5.41) is 12.9. The van der Waals surface area contributed by atoms with Crippen LogP contribution in [0.5, 0.6) is 0 Å². The smallest absolute Gasteiger partial charge is 0.0361 e. The fourth-order valence-corrected chi connectivity index (χ4v) is 8.92. The lowest BCUT2D eigenvalue weighted by molar-refractivity contribution is 1.63. The zero-order chi connectivity index (χ0) is 30.9. The summed E-state index contributed by atoms with van der Waals surface area (Å²) in [4.78, 5) is 0.